The van der Waals surface area contributed by atoms with Gasteiger partial charge in [-0.1, -0.05) is 13.8 Å². The van der Waals surface area contributed by atoms with Crippen LogP contribution in [0.4, 0.5) is 8.78 Å². The Kier molecular flexibility index (Phi) is 6.45. The second-order valence-corrected chi connectivity index (χ2v) is 6.70. The van der Waals surface area contributed by atoms with Gasteiger partial charge in [0.25, 0.3) is 0 Å². The van der Waals surface area contributed by atoms with Gasteiger partial charge in [-0.15, -0.1) is 0 Å². The van der Waals surface area contributed by atoms with Crippen molar-refractivity contribution in [2.75, 3.05) is 0 Å². The number of halogens is 2. The molecule has 0 amide bonds. The van der Waals surface area contributed by atoms with Crippen LogP contribution in [0.25, 0.3) is 0 Å². The molecule has 0 aliphatic carbocycles. The van der Waals surface area contributed by atoms with Gasteiger partial charge >= 0.3 is 6.11 Å². The number of alkyl halides is 2. The van der Waals surface area contributed by atoms with Crippen molar-refractivity contribution < 1.29 is 23.4 Å². The summed E-state index contributed by atoms with van der Waals surface area (Å²) in [6.45, 7) is 4.23. The minimum atomic E-state index is -3.26. The van der Waals surface area contributed by atoms with Gasteiger partial charge in [0.1, 0.15) is 22.8 Å². The van der Waals surface area contributed by atoms with Gasteiger partial charge in [0.05, 0.1) is 17.8 Å². The summed E-state index contributed by atoms with van der Waals surface area (Å²) in [6.07, 6.45) is 0.184. The van der Waals surface area contributed by atoms with Gasteiger partial charge in [0.15, 0.2) is 0 Å². The first kappa shape index (κ1) is 21.4. The average Bonchev–Trinajstić information content (AvgIpc) is 2.63. The lowest BCUT2D eigenvalue weighted by molar-refractivity contribution is -0.158. The van der Waals surface area contributed by atoms with Gasteiger partial charge in [-0.3, -0.25) is 4.98 Å². The molecule has 8 heteroatoms. The van der Waals surface area contributed by atoms with Gasteiger partial charge in [-0.25, -0.2) is 0 Å². The molecule has 0 radical (unpaired) electrons. The van der Waals surface area contributed by atoms with Crippen molar-refractivity contribution in [3.05, 3.63) is 48.3 Å². The Bertz CT molecular complexity index is 797. The molecule has 28 heavy (non-hydrogen) atoms. The van der Waals surface area contributed by atoms with E-state index in [1.165, 1.54) is 30.5 Å². The number of rotatable bonds is 9. The summed E-state index contributed by atoms with van der Waals surface area (Å²) in [4.78, 5) is 4.25. The summed E-state index contributed by atoms with van der Waals surface area (Å²) in [5.74, 6) is -0.303. The number of aliphatic hydroxyl groups is 1. The number of nitrogens with one attached hydrogen (secondary N) is 2. The molecule has 0 saturated carbocycles. The molecule has 2 aromatic rings. The maximum absolute atomic E-state index is 12.8. The first-order valence-electron chi connectivity index (χ1n) is 8.65. The molecule has 2 rings (SSSR count). The van der Waals surface area contributed by atoms with Crippen molar-refractivity contribution in [2.24, 2.45) is 11.8 Å². The number of ether oxygens (including phenoxy) is 2. The molecule has 0 aliphatic rings. The number of aromatic nitrogens is 1. The summed E-state index contributed by atoms with van der Waals surface area (Å²) in [5, 5.41) is 26.0. The van der Waals surface area contributed by atoms with Gasteiger partial charge in [0.2, 0.25) is 0 Å². The number of benzene rings is 1. The monoisotopic (exact) mass is 391 g/mol. The van der Waals surface area contributed by atoms with Crippen LogP contribution >= 0.6 is 0 Å². The summed E-state index contributed by atoms with van der Waals surface area (Å²) in [6, 6.07) is 8.88. The number of hydrogen-bond acceptors (Lipinski definition) is 6. The lowest BCUT2D eigenvalue weighted by atomic mass is 9.77. The van der Waals surface area contributed by atoms with E-state index in [4.69, 9.17) is 15.6 Å². The van der Waals surface area contributed by atoms with Crippen LogP contribution in [0, 0.1) is 22.7 Å². The molecule has 3 N–H and O–H groups in total. The molecule has 1 unspecified atom stereocenters. The van der Waals surface area contributed by atoms with Crippen molar-refractivity contribution in [2.45, 2.75) is 32.5 Å². The Morgan fingerprint density at radius 1 is 1.00 bits per heavy atom. The van der Waals surface area contributed by atoms with Crippen molar-refractivity contribution >= 4 is 12.4 Å². The third-order valence-corrected chi connectivity index (χ3v) is 4.25. The summed E-state index contributed by atoms with van der Waals surface area (Å²) in [5.41, 5.74) is -1.17. The van der Waals surface area contributed by atoms with E-state index in [1.807, 2.05) is 0 Å². The van der Waals surface area contributed by atoms with Gasteiger partial charge in [-0.05, 0) is 42.3 Å². The van der Waals surface area contributed by atoms with Crippen LogP contribution in [0.5, 0.6) is 17.2 Å². The van der Waals surface area contributed by atoms with E-state index in [0.717, 1.165) is 12.4 Å². The number of pyridine rings is 1. The van der Waals surface area contributed by atoms with Crippen LogP contribution in [0.15, 0.2) is 42.6 Å². The standard InChI is InChI=1S/C20H23F2N3O3/c1-13(2)20(26,14(10-23)11-24)18-9-8-17(12-25-18)27-15-4-6-16(7-5-15)28-19(3,21)22/h4-14,23-24,26H,1-3H3. The highest BCUT2D eigenvalue weighted by Crippen LogP contribution is 2.35. The molecular formula is C20H23F2N3O3. The zero-order valence-electron chi connectivity index (χ0n) is 15.8. The molecule has 1 aromatic heterocycles. The minimum absolute atomic E-state index is 0.0136. The van der Waals surface area contributed by atoms with E-state index < -0.39 is 17.6 Å². The van der Waals surface area contributed by atoms with Crippen LogP contribution in [0.1, 0.15) is 26.5 Å². The Morgan fingerprint density at radius 3 is 1.96 bits per heavy atom. The largest absolute Gasteiger partial charge is 0.456 e. The fraction of sp³-hybridized carbons (Fsp3) is 0.350. The van der Waals surface area contributed by atoms with E-state index in [0.29, 0.717) is 24.1 Å². The highest BCUT2D eigenvalue weighted by Gasteiger charge is 2.41. The lowest BCUT2D eigenvalue weighted by Crippen LogP contribution is -2.42. The van der Waals surface area contributed by atoms with E-state index in [2.05, 4.69) is 9.72 Å². The van der Waals surface area contributed by atoms with Crippen molar-refractivity contribution in [1.82, 2.24) is 4.98 Å². The second kappa shape index (κ2) is 8.43. The van der Waals surface area contributed by atoms with Crippen LogP contribution in [0.3, 0.4) is 0 Å². The van der Waals surface area contributed by atoms with Crippen molar-refractivity contribution in [3.63, 3.8) is 0 Å². The third-order valence-electron chi connectivity index (χ3n) is 4.25. The first-order chi connectivity index (χ1) is 13.1. The molecule has 1 atom stereocenters. The zero-order valence-corrected chi connectivity index (χ0v) is 15.8. The smallest absolute Gasteiger partial charge is 0.394 e. The molecule has 0 bridgehead atoms. The number of nitrogens with zero attached hydrogens (tertiary/aromatic N) is 1. The van der Waals surface area contributed by atoms with E-state index in [1.54, 1.807) is 26.0 Å². The van der Waals surface area contributed by atoms with Crippen LogP contribution in [-0.2, 0) is 5.60 Å². The molecular weight excluding hydrogens is 368 g/mol. The Labute approximate surface area is 162 Å². The van der Waals surface area contributed by atoms with E-state index in [9.17, 15) is 13.9 Å². The van der Waals surface area contributed by atoms with Crippen LogP contribution in [0.2, 0.25) is 0 Å². The van der Waals surface area contributed by atoms with Crippen molar-refractivity contribution in [3.8, 4) is 17.2 Å². The molecule has 0 fully saturated rings. The summed E-state index contributed by atoms with van der Waals surface area (Å²) in [7, 11) is 0. The van der Waals surface area contributed by atoms with Crippen LogP contribution < -0.4 is 9.47 Å². The second-order valence-electron chi connectivity index (χ2n) is 6.70. The lowest BCUT2D eigenvalue weighted by Gasteiger charge is -2.35. The Hall–Kier alpha value is -2.87. The van der Waals surface area contributed by atoms with E-state index in [-0.39, 0.29) is 11.7 Å². The van der Waals surface area contributed by atoms with Crippen LogP contribution in [-0.4, -0.2) is 28.6 Å². The molecule has 1 heterocycles. The Morgan fingerprint density at radius 2 is 1.54 bits per heavy atom. The third kappa shape index (κ3) is 4.89. The molecule has 0 aliphatic heterocycles. The number of hydrogen-bond donors (Lipinski definition) is 3. The SMILES string of the molecule is CC(C)C(O)(c1ccc(Oc2ccc(OC(C)(F)F)cc2)cn1)C(C=N)C=N. The highest BCUT2D eigenvalue weighted by atomic mass is 19.3. The topological polar surface area (TPSA) is 99.3 Å². The summed E-state index contributed by atoms with van der Waals surface area (Å²) < 4.78 is 35.8. The molecule has 6 nitrogen and oxygen atoms in total. The Balaban J connectivity index is 2.18. The highest BCUT2D eigenvalue weighted by molar-refractivity contribution is 5.82. The average molecular weight is 391 g/mol. The van der Waals surface area contributed by atoms with Gasteiger partial charge in [-0.2, -0.15) is 8.78 Å². The van der Waals surface area contributed by atoms with Crippen molar-refractivity contribution in [1.29, 1.82) is 10.8 Å². The minimum Gasteiger partial charge on any atom is -0.456 e. The first-order valence-corrected chi connectivity index (χ1v) is 8.65. The predicted octanol–water partition coefficient (Wildman–Crippen LogP) is 4.62. The maximum atomic E-state index is 12.8. The summed E-state index contributed by atoms with van der Waals surface area (Å²) >= 11 is 0. The fourth-order valence-electron chi connectivity index (χ4n) is 2.75. The van der Waals surface area contributed by atoms with E-state index >= 15 is 0 Å². The van der Waals surface area contributed by atoms with Gasteiger partial charge < -0.3 is 25.4 Å². The molecule has 0 saturated heterocycles. The maximum Gasteiger partial charge on any atom is 0.394 e. The molecule has 0 spiro atoms. The zero-order chi connectivity index (χ0) is 20.9. The molecule has 1 aromatic carbocycles. The predicted molar refractivity (Wildman–Crippen MR) is 102 cm³/mol. The fourth-order valence-corrected chi connectivity index (χ4v) is 2.75. The van der Waals surface area contributed by atoms with Gasteiger partial charge in [0, 0.05) is 19.4 Å². The molecule has 150 valence electrons. The quantitative estimate of drug-likeness (QED) is 0.543. The normalized spacial score (nSPS) is 14.8.